The molecule has 1 heterocycles. The van der Waals surface area contributed by atoms with Crippen LogP contribution >= 0.6 is 22.9 Å². The molecule has 0 amide bonds. The summed E-state index contributed by atoms with van der Waals surface area (Å²) in [6.07, 6.45) is 0.0228. The summed E-state index contributed by atoms with van der Waals surface area (Å²) >= 11 is 7.45. The van der Waals surface area contributed by atoms with Crippen molar-refractivity contribution in [1.29, 1.82) is 0 Å². The van der Waals surface area contributed by atoms with Crippen molar-refractivity contribution in [3.63, 3.8) is 0 Å². The number of halogens is 1. The number of rotatable bonds is 2. The van der Waals surface area contributed by atoms with E-state index in [1.807, 2.05) is 13.8 Å². The first-order chi connectivity index (χ1) is 5.52. The Kier molecular flexibility index (Phi) is 2.75. The summed E-state index contributed by atoms with van der Waals surface area (Å²) in [5.74, 6) is -0.835. The average molecular weight is 205 g/mol. The standard InChI is InChI=1S/C8H9ClO2S/c1-4-6(3-7(10)11)8(9)5(2)12-4/h3H2,1-2H3,(H,10,11). The minimum Gasteiger partial charge on any atom is -0.481 e. The van der Waals surface area contributed by atoms with Gasteiger partial charge in [-0.2, -0.15) is 0 Å². The Morgan fingerprint density at radius 3 is 2.42 bits per heavy atom. The Hall–Kier alpha value is -0.540. The molecular formula is C8H9ClO2S. The molecule has 66 valence electrons. The monoisotopic (exact) mass is 204 g/mol. The van der Waals surface area contributed by atoms with Crippen molar-refractivity contribution in [2.24, 2.45) is 0 Å². The normalized spacial score (nSPS) is 10.2. The van der Waals surface area contributed by atoms with Gasteiger partial charge < -0.3 is 5.11 Å². The van der Waals surface area contributed by atoms with Crippen molar-refractivity contribution in [3.8, 4) is 0 Å². The molecule has 0 fully saturated rings. The number of carbonyl (C=O) groups is 1. The van der Waals surface area contributed by atoms with Crippen LogP contribution in [0.5, 0.6) is 0 Å². The molecular weight excluding hydrogens is 196 g/mol. The lowest BCUT2D eigenvalue weighted by Crippen LogP contribution is -2.00. The number of carboxylic acids is 1. The number of hydrogen-bond donors (Lipinski definition) is 1. The maximum Gasteiger partial charge on any atom is 0.307 e. The number of hydrogen-bond acceptors (Lipinski definition) is 2. The van der Waals surface area contributed by atoms with Crippen LogP contribution in [0.1, 0.15) is 15.3 Å². The van der Waals surface area contributed by atoms with Gasteiger partial charge >= 0.3 is 5.97 Å². The van der Waals surface area contributed by atoms with Gasteiger partial charge in [-0.05, 0) is 19.4 Å². The Labute approximate surface area is 79.8 Å². The lowest BCUT2D eigenvalue weighted by atomic mass is 10.2. The van der Waals surface area contributed by atoms with E-state index in [1.54, 1.807) is 11.3 Å². The van der Waals surface area contributed by atoms with Crippen molar-refractivity contribution in [3.05, 3.63) is 20.3 Å². The molecule has 0 saturated carbocycles. The maximum atomic E-state index is 10.4. The van der Waals surface area contributed by atoms with Gasteiger partial charge in [-0.1, -0.05) is 11.6 Å². The molecule has 0 atom stereocenters. The molecule has 12 heavy (non-hydrogen) atoms. The first-order valence-corrected chi connectivity index (χ1v) is 4.68. The quantitative estimate of drug-likeness (QED) is 0.804. The Morgan fingerprint density at radius 1 is 1.50 bits per heavy atom. The van der Waals surface area contributed by atoms with Crippen LogP contribution in [0.2, 0.25) is 5.02 Å². The molecule has 1 rings (SSSR count). The van der Waals surface area contributed by atoms with Crippen LogP contribution in [0.4, 0.5) is 0 Å². The van der Waals surface area contributed by atoms with Crippen LogP contribution in [0.15, 0.2) is 0 Å². The van der Waals surface area contributed by atoms with Gasteiger partial charge in [0.25, 0.3) is 0 Å². The first kappa shape index (κ1) is 9.55. The first-order valence-electron chi connectivity index (χ1n) is 3.48. The van der Waals surface area contributed by atoms with Crippen LogP contribution in [-0.2, 0) is 11.2 Å². The fourth-order valence-corrected chi connectivity index (χ4v) is 2.41. The van der Waals surface area contributed by atoms with Crippen LogP contribution in [0.3, 0.4) is 0 Å². The van der Waals surface area contributed by atoms with Gasteiger partial charge in [0.05, 0.1) is 11.4 Å². The van der Waals surface area contributed by atoms with Gasteiger partial charge in [0.15, 0.2) is 0 Å². The summed E-state index contributed by atoms with van der Waals surface area (Å²) in [7, 11) is 0. The fourth-order valence-electron chi connectivity index (χ4n) is 1.06. The summed E-state index contributed by atoms with van der Waals surface area (Å²) in [4.78, 5) is 12.4. The average Bonchev–Trinajstić information content (AvgIpc) is 2.16. The second-order valence-corrected chi connectivity index (χ2v) is 4.38. The lowest BCUT2D eigenvalue weighted by Gasteiger charge is -1.95. The van der Waals surface area contributed by atoms with E-state index in [4.69, 9.17) is 16.7 Å². The van der Waals surface area contributed by atoms with Crippen molar-refractivity contribution < 1.29 is 9.90 Å². The van der Waals surface area contributed by atoms with Crippen LogP contribution in [-0.4, -0.2) is 11.1 Å². The van der Waals surface area contributed by atoms with Crippen molar-refractivity contribution in [2.75, 3.05) is 0 Å². The summed E-state index contributed by atoms with van der Waals surface area (Å²) in [6, 6.07) is 0. The predicted molar refractivity (Wildman–Crippen MR) is 50.1 cm³/mol. The van der Waals surface area contributed by atoms with E-state index in [2.05, 4.69) is 0 Å². The maximum absolute atomic E-state index is 10.4. The Bertz CT molecular complexity index is 317. The SMILES string of the molecule is Cc1sc(C)c(CC(=O)O)c1Cl. The highest BCUT2D eigenvalue weighted by molar-refractivity contribution is 7.12. The van der Waals surface area contributed by atoms with E-state index in [1.165, 1.54) is 0 Å². The van der Waals surface area contributed by atoms with E-state index >= 15 is 0 Å². The molecule has 4 heteroatoms. The molecule has 0 unspecified atom stereocenters. The highest BCUT2D eigenvalue weighted by Crippen LogP contribution is 2.31. The van der Waals surface area contributed by atoms with Crippen molar-refractivity contribution in [2.45, 2.75) is 20.3 Å². The van der Waals surface area contributed by atoms with Crippen LogP contribution in [0, 0.1) is 13.8 Å². The summed E-state index contributed by atoms with van der Waals surface area (Å²) in [5.41, 5.74) is 0.756. The van der Waals surface area contributed by atoms with Crippen LogP contribution in [0.25, 0.3) is 0 Å². The number of carboxylic acid groups (broad SMARTS) is 1. The van der Waals surface area contributed by atoms with Gasteiger partial charge in [-0.3, -0.25) is 4.79 Å². The summed E-state index contributed by atoms with van der Waals surface area (Å²) < 4.78 is 0. The van der Waals surface area contributed by atoms with Gasteiger partial charge in [0, 0.05) is 9.75 Å². The third-order valence-corrected chi connectivity index (χ3v) is 3.32. The highest BCUT2D eigenvalue weighted by Gasteiger charge is 2.13. The lowest BCUT2D eigenvalue weighted by molar-refractivity contribution is -0.136. The van der Waals surface area contributed by atoms with Gasteiger partial charge in [-0.15, -0.1) is 11.3 Å². The molecule has 0 bridgehead atoms. The fraction of sp³-hybridized carbons (Fsp3) is 0.375. The number of aryl methyl sites for hydroxylation is 2. The highest BCUT2D eigenvalue weighted by atomic mass is 35.5. The third-order valence-electron chi connectivity index (χ3n) is 1.63. The van der Waals surface area contributed by atoms with E-state index < -0.39 is 5.97 Å². The molecule has 1 aromatic rings. The molecule has 0 radical (unpaired) electrons. The number of aliphatic carboxylic acids is 1. The molecule has 0 aromatic carbocycles. The molecule has 0 aliphatic heterocycles. The van der Waals surface area contributed by atoms with Crippen molar-refractivity contribution in [1.82, 2.24) is 0 Å². The molecule has 1 aromatic heterocycles. The molecule has 0 spiro atoms. The summed E-state index contributed by atoms with van der Waals surface area (Å²) in [6.45, 7) is 3.78. The minimum atomic E-state index is -0.835. The third kappa shape index (κ3) is 1.79. The topological polar surface area (TPSA) is 37.3 Å². The van der Waals surface area contributed by atoms with E-state index in [9.17, 15) is 4.79 Å². The number of thiophene rings is 1. The molecule has 2 nitrogen and oxygen atoms in total. The Morgan fingerprint density at radius 2 is 2.08 bits per heavy atom. The molecule has 0 aliphatic carbocycles. The smallest absolute Gasteiger partial charge is 0.307 e. The Balaban J connectivity index is 3.05. The van der Waals surface area contributed by atoms with E-state index in [-0.39, 0.29) is 6.42 Å². The van der Waals surface area contributed by atoms with Gasteiger partial charge in [0.1, 0.15) is 0 Å². The van der Waals surface area contributed by atoms with Gasteiger partial charge in [0.2, 0.25) is 0 Å². The van der Waals surface area contributed by atoms with E-state index in [0.717, 1.165) is 15.3 Å². The zero-order valence-electron chi connectivity index (χ0n) is 6.85. The van der Waals surface area contributed by atoms with Gasteiger partial charge in [-0.25, -0.2) is 0 Å². The predicted octanol–water partition coefficient (Wildman–Crippen LogP) is 2.65. The van der Waals surface area contributed by atoms with Crippen molar-refractivity contribution >= 4 is 28.9 Å². The minimum absolute atomic E-state index is 0.0228. The zero-order chi connectivity index (χ0) is 9.30. The molecule has 0 saturated heterocycles. The second kappa shape index (κ2) is 3.46. The van der Waals surface area contributed by atoms with Crippen LogP contribution < -0.4 is 0 Å². The second-order valence-electron chi connectivity index (χ2n) is 2.58. The zero-order valence-corrected chi connectivity index (χ0v) is 8.42. The molecule has 1 N–H and O–H groups in total. The van der Waals surface area contributed by atoms with E-state index in [0.29, 0.717) is 5.02 Å². The largest absolute Gasteiger partial charge is 0.481 e. The summed E-state index contributed by atoms with van der Waals surface area (Å²) in [5, 5.41) is 9.18. The molecule has 0 aliphatic rings.